The molecule has 1 aromatic rings. The Balaban J connectivity index is 2.16. The number of likely N-dealkylation sites (N-methyl/N-ethyl adjacent to an activating group) is 1. The summed E-state index contributed by atoms with van der Waals surface area (Å²) in [5, 5.41) is 9.54. The van der Waals surface area contributed by atoms with Crippen LogP contribution in [0.3, 0.4) is 0 Å². The molecule has 0 spiro atoms. The fourth-order valence-electron chi connectivity index (χ4n) is 2.09. The molecule has 0 aromatic heterocycles. The third-order valence-electron chi connectivity index (χ3n) is 3.30. The molecule has 1 atom stereocenters. The number of rotatable bonds is 2. The molecule has 1 N–H and O–H groups in total. The van der Waals surface area contributed by atoms with Crippen molar-refractivity contribution < 1.29 is 5.11 Å². The Bertz CT molecular complexity index is 387. The average Bonchev–Trinajstić information content (AvgIpc) is 2.30. The highest BCUT2D eigenvalue weighted by molar-refractivity contribution is 9.10. The fourth-order valence-corrected chi connectivity index (χ4v) is 2.73. The maximum atomic E-state index is 9.54. The van der Waals surface area contributed by atoms with Crippen molar-refractivity contribution in [1.29, 1.82) is 0 Å². The van der Waals surface area contributed by atoms with Gasteiger partial charge in [-0.05, 0) is 47.6 Å². The predicted octanol–water partition coefficient (Wildman–Crippen LogP) is 2.25. The Morgan fingerprint density at radius 1 is 1.24 bits per heavy atom. The maximum absolute atomic E-state index is 9.54. The van der Waals surface area contributed by atoms with Gasteiger partial charge in [0.25, 0.3) is 0 Å². The number of benzene rings is 1. The Hall–Kier alpha value is -0.580. The third-order valence-corrected chi connectivity index (χ3v) is 3.93. The minimum Gasteiger partial charge on any atom is -0.389 e. The zero-order valence-electron chi connectivity index (χ0n) is 10.4. The molecule has 17 heavy (non-hydrogen) atoms. The zero-order valence-corrected chi connectivity index (χ0v) is 11.9. The van der Waals surface area contributed by atoms with Crippen LogP contribution in [-0.4, -0.2) is 43.2 Å². The summed E-state index contributed by atoms with van der Waals surface area (Å²) in [5.41, 5.74) is 2.18. The molecular weight excluding hydrogens is 280 g/mol. The largest absolute Gasteiger partial charge is 0.389 e. The summed E-state index contributed by atoms with van der Waals surface area (Å²) in [6.07, 6.45) is -0.409. The molecule has 1 heterocycles. The van der Waals surface area contributed by atoms with E-state index in [4.69, 9.17) is 0 Å². The number of anilines is 1. The van der Waals surface area contributed by atoms with Crippen molar-refractivity contribution in [2.75, 3.05) is 38.1 Å². The highest BCUT2D eigenvalue weighted by Crippen LogP contribution is 2.29. The van der Waals surface area contributed by atoms with Crippen LogP contribution >= 0.6 is 15.9 Å². The summed E-state index contributed by atoms with van der Waals surface area (Å²) in [6, 6.07) is 6.11. The van der Waals surface area contributed by atoms with E-state index in [1.807, 2.05) is 12.1 Å². The fraction of sp³-hybridized carbons (Fsp3) is 0.538. The van der Waals surface area contributed by atoms with Crippen LogP contribution < -0.4 is 4.90 Å². The summed E-state index contributed by atoms with van der Waals surface area (Å²) in [4.78, 5) is 4.73. The molecule has 0 saturated carbocycles. The summed E-state index contributed by atoms with van der Waals surface area (Å²) in [6.45, 7) is 6.11. The molecule has 2 rings (SSSR count). The van der Waals surface area contributed by atoms with E-state index in [1.54, 1.807) is 6.92 Å². The van der Waals surface area contributed by atoms with Crippen LogP contribution in [0.25, 0.3) is 0 Å². The molecule has 0 bridgehead atoms. The SMILES string of the molecule is CC(O)c1ccc(N2CCN(C)CC2)c(Br)c1. The number of halogens is 1. The summed E-state index contributed by atoms with van der Waals surface area (Å²) >= 11 is 3.60. The lowest BCUT2D eigenvalue weighted by molar-refractivity contribution is 0.199. The summed E-state index contributed by atoms with van der Waals surface area (Å²) in [7, 11) is 2.16. The molecule has 0 radical (unpaired) electrons. The predicted molar refractivity (Wildman–Crippen MR) is 74.5 cm³/mol. The van der Waals surface area contributed by atoms with Gasteiger partial charge in [0.05, 0.1) is 11.8 Å². The van der Waals surface area contributed by atoms with E-state index in [0.717, 1.165) is 36.2 Å². The van der Waals surface area contributed by atoms with Crippen LogP contribution in [0.5, 0.6) is 0 Å². The van der Waals surface area contributed by atoms with Crippen molar-refractivity contribution in [1.82, 2.24) is 4.90 Å². The number of nitrogens with zero attached hydrogens (tertiary/aromatic N) is 2. The van der Waals surface area contributed by atoms with Gasteiger partial charge in [0.2, 0.25) is 0 Å². The molecule has 3 nitrogen and oxygen atoms in total. The average molecular weight is 299 g/mol. The van der Waals surface area contributed by atoms with E-state index in [0.29, 0.717) is 0 Å². The van der Waals surface area contributed by atoms with Crippen LogP contribution in [0.4, 0.5) is 5.69 Å². The van der Waals surface area contributed by atoms with Crippen LogP contribution in [0, 0.1) is 0 Å². The molecule has 4 heteroatoms. The first kappa shape index (κ1) is 12.9. The highest BCUT2D eigenvalue weighted by Gasteiger charge is 2.16. The van der Waals surface area contributed by atoms with E-state index >= 15 is 0 Å². The topological polar surface area (TPSA) is 26.7 Å². The lowest BCUT2D eigenvalue weighted by Crippen LogP contribution is -2.44. The number of hydrogen-bond acceptors (Lipinski definition) is 3. The van der Waals surface area contributed by atoms with Gasteiger partial charge in [0, 0.05) is 30.7 Å². The summed E-state index contributed by atoms with van der Waals surface area (Å²) in [5.74, 6) is 0. The molecule has 0 aliphatic carbocycles. The molecule has 1 unspecified atom stereocenters. The summed E-state index contributed by atoms with van der Waals surface area (Å²) < 4.78 is 1.07. The Kier molecular flexibility index (Phi) is 4.07. The Labute approximate surface area is 111 Å². The van der Waals surface area contributed by atoms with Gasteiger partial charge in [0.15, 0.2) is 0 Å². The normalized spacial score (nSPS) is 19.4. The monoisotopic (exact) mass is 298 g/mol. The quantitative estimate of drug-likeness (QED) is 0.907. The van der Waals surface area contributed by atoms with Crippen molar-refractivity contribution >= 4 is 21.6 Å². The van der Waals surface area contributed by atoms with Crippen LogP contribution in [-0.2, 0) is 0 Å². The number of aliphatic hydroxyl groups excluding tert-OH is 1. The smallest absolute Gasteiger partial charge is 0.0762 e. The zero-order chi connectivity index (χ0) is 12.4. The van der Waals surface area contributed by atoms with Gasteiger partial charge in [-0.1, -0.05) is 6.07 Å². The first-order chi connectivity index (χ1) is 8.08. The van der Waals surface area contributed by atoms with Crippen molar-refractivity contribution in [2.45, 2.75) is 13.0 Å². The third kappa shape index (κ3) is 3.00. The van der Waals surface area contributed by atoms with E-state index in [1.165, 1.54) is 5.69 Å². The van der Waals surface area contributed by atoms with Gasteiger partial charge in [-0.2, -0.15) is 0 Å². The van der Waals surface area contributed by atoms with Gasteiger partial charge in [-0.25, -0.2) is 0 Å². The van der Waals surface area contributed by atoms with E-state index in [-0.39, 0.29) is 0 Å². The first-order valence-electron chi connectivity index (χ1n) is 5.99. The second-order valence-corrected chi connectivity index (χ2v) is 5.53. The van der Waals surface area contributed by atoms with Crippen molar-refractivity contribution in [3.63, 3.8) is 0 Å². The van der Waals surface area contributed by atoms with Crippen molar-refractivity contribution in [3.05, 3.63) is 28.2 Å². The molecule has 1 fully saturated rings. The van der Waals surface area contributed by atoms with E-state index in [9.17, 15) is 5.11 Å². The maximum Gasteiger partial charge on any atom is 0.0762 e. The highest BCUT2D eigenvalue weighted by atomic mass is 79.9. The van der Waals surface area contributed by atoms with Gasteiger partial charge < -0.3 is 14.9 Å². The molecule has 0 amide bonds. The van der Waals surface area contributed by atoms with Crippen LogP contribution in [0.2, 0.25) is 0 Å². The molecule has 1 aromatic carbocycles. The standard InChI is InChI=1S/C13H19BrN2O/c1-10(17)11-3-4-13(12(14)9-11)16-7-5-15(2)6-8-16/h3-4,9-10,17H,5-8H2,1-2H3. The number of piperazine rings is 1. The van der Waals surface area contributed by atoms with Gasteiger partial charge in [-0.3, -0.25) is 0 Å². The van der Waals surface area contributed by atoms with Gasteiger partial charge in [-0.15, -0.1) is 0 Å². The Morgan fingerprint density at radius 2 is 1.88 bits per heavy atom. The van der Waals surface area contributed by atoms with E-state index < -0.39 is 6.10 Å². The molecule has 94 valence electrons. The second kappa shape index (κ2) is 5.38. The van der Waals surface area contributed by atoms with Crippen LogP contribution in [0.15, 0.2) is 22.7 Å². The second-order valence-electron chi connectivity index (χ2n) is 4.68. The molecule has 1 aliphatic heterocycles. The van der Waals surface area contributed by atoms with E-state index in [2.05, 4.69) is 38.8 Å². The number of hydrogen-bond donors (Lipinski definition) is 1. The van der Waals surface area contributed by atoms with Crippen molar-refractivity contribution in [3.8, 4) is 0 Å². The minimum absolute atomic E-state index is 0.409. The number of aliphatic hydroxyl groups is 1. The van der Waals surface area contributed by atoms with Gasteiger partial charge >= 0.3 is 0 Å². The molecule has 1 aliphatic rings. The molecular formula is C13H19BrN2O. The lowest BCUT2D eigenvalue weighted by atomic mass is 10.1. The van der Waals surface area contributed by atoms with Crippen molar-refractivity contribution in [2.24, 2.45) is 0 Å². The lowest BCUT2D eigenvalue weighted by Gasteiger charge is -2.34. The van der Waals surface area contributed by atoms with Gasteiger partial charge in [0.1, 0.15) is 0 Å². The van der Waals surface area contributed by atoms with Crippen LogP contribution in [0.1, 0.15) is 18.6 Å². The molecule has 1 saturated heterocycles. The first-order valence-corrected chi connectivity index (χ1v) is 6.78. The Morgan fingerprint density at radius 3 is 2.41 bits per heavy atom. The minimum atomic E-state index is -0.409.